The van der Waals surface area contributed by atoms with Crippen molar-refractivity contribution < 1.29 is 14.6 Å². The van der Waals surface area contributed by atoms with E-state index in [2.05, 4.69) is 0 Å². The molecule has 0 saturated heterocycles. The predicted octanol–water partition coefficient (Wildman–Crippen LogP) is -0.534. The first-order chi connectivity index (χ1) is 6.70. The molecule has 0 aliphatic heterocycles. The third kappa shape index (κ3) is 7.95. The maximum atomic E-state index is 9.43. The minimum Gasteiger partial charge on any atom is -0.389 e. The maximum absolute atomic E-state index is 9.43. The molecule has 0 bridgehead atoms. The van der Waals surface area contributed by atoms with Crippen molar-refractivity contribution in [3.05, 3.63) is 0 Å². The van der Waals surface area contributed by atoms with Crippen molar-refractivity contribution >= 4 is 0 Å². The van der Waals surface area contributed by atoms with Crippen molar-refractivity contribution in [3.63, 3.8) is 0 Å². The zero-order valence-corrected chi connectivity index (χ0v) is 8.77. The van der Waals surface area contributed by atoms with E-state index in [9.17, 15) is 5.11 Å². The maximum Gasteiger partial charge on any atom is 0.0900 e. The van der Waals surface area contributed by atoms with E-state index in [1.807, 2.05) is 6.07 Å². The van der Waals surface area contributed by atoms with E-state index in [0.29, 0.717) is 26.3 Å². The second-order valence-corrected chi connectivity index (χ2v) is 3.08. The molecule has 0 fully saturated rings. The normalized spacial score (nSPS) is 12.8. The Morgan fingerprint density at radius 3 is 2.79 bits per heavy atom. The number of methoxy groups -OCH3 is 1. The molecule has 0 rings (SSSR count). The SMILES string of the molecule is COCCOCC(O)CN(C)CC#N. The molecule has 0 saturated carbocycles. The fourth-order valence-electron chi connectivity index (χ4n) is 0.959. The molecule has 0 aromatic carbocycles. The number of aliphatic hydroxyl groups is 1. The molecule has 0 spiro atoms. The number of hydrogen-bond acceptors (Lipinski definition) is 5. The summed E-state index contributed by atoms with van der Waals surface area (Å²) in [5, 5.41) is 17.8. The quantitative estimate of drug-likeness (QED) is 0.423. The van der Waals surface area contributed by atoms with Gasteiger partial charge in [-0.1, -0.05) is 0 Å². The summed E-state index contributed by atoms with van der Waals surface area (Å²) in [6, 6.07) is 2.00. The summed E-state index contributed by atoms with van der Waals surface area (Å²) in [4.78, 5) is 1.74. The Morgan fingerprint density at radius 1 is 1.50 bits per heavy atom. The summed E-state index contributed by atoms with van der Waals surface area (Å²) >= 11 is 0. The highest BCUT2D eigenvalue weighted by molar-refractivity contribution is 4.75. The summed E-state index contributed by atoms with van der Waals surface area (Å²) in [5.74, 6) is 0. The fraction of sp³-hybridized carbons (Fsp3) is 0.889. The Balaban J connectivity index is 3.36. The Labute approximate surface area is 84.8 Å². The number of likely N-dealkylation sites (N-methyl/N-ethyl adjacent to an activating group) is 1. The van der Waals surface area contributed by atoms with E-state index < -0.39 is 6.10 Å². The second kappa shape index (κ2) is 8.91. The van der Waals surface area contributed by atoms with Gasteiger partial charge in [-0.2, -0.15) is 5.26 Å². The lowest BCUT2D eigenvalue weighted by Gasteiger charge is -2.17. The molecule has 5 nitrogen and oxygen atoms in total. The van der Waals surface area contributed by atoms with E-state index in [-0.39, 0.29) is 6.61 Å². The zero-order chi connectivity index (χ0) is 10.8. The number of hydrogen-bond donors (Lipinski definition) is 1. The van der Waals surface area contributed by atoms with Crippen LogP contribution < -0.4 is 0 Å². The van der Waals surface area contributed by atoms with E-state index in [1.54, 1.807) is 19.1 Å². The molecule has 0 radical (unpaired) electrons. The van der Waals surface area contributed by atoms with E-state index in [0.717, 1.165) is 0 Å². The van der Waals surface area contributed by atoms with E-state index in [1.165, 1.54) is 0 Å². The van der Waals surface area contributed by atoms with Crippen LogP contribution in [-0.4, -0.2) is 63.2 Å². The average molecular weight is 202 g/mol. The van der Waals surface area contributed by atoms with Gasteiger partial charge in [-0.15, -0.1) is 0 Å². The molecular weight excluding hydrogens is 184 g/mol. The highest BCUT2D eigenvalue weighted by Gasteiger charge is 2.07. The van der Waals surface area contributed by atoms with Gasteiger partial charge in [0.05, 0.1) is 38.5 Å². The van der Waals surface area contributed by atoms with Crippen molar-refractivity contribution in [1.82, 2.24) is 4.90 Å². The number of nitrogens with zero attached hydrogens (tertiary/aromatic N) is 2. The number of aliphatic hydroxyl groups excluding tert-OH is 1. The monoisotopic (exact) mass is 202 g/mol. The molecule has 1 unspecified atom stereocenters. The summed E-state index contributed by atoms with van der Waals surface area (Å²) in [5.41, 5.74) is 0. The largest absolute Gasteiger partial charge is 0.389 e. The Morgan fingerprint density at radius 2 is 2.21 bits per heavy atom. The smallest absolute Gasteiger partial charge is 0.0900 e. The Bertz CT molecular complexity index is 170. The lowest BCUT2D eigenvalue weighted by Crippen LogP contribution is -2.32. The van der Waals surface area contributed by atoms with E-state index >= 15 is 0 Å². The Kier molecular flexibility index (Phi) is 8.48. The molecule has 1 N–H and O–H groups in total. The Hall–Kier alpha value is -0.670. The third-order valence-electron chi connectivity index (χ3n) is 1.61. The van der Waals surface area contributed by atoms with Gasteiger partial charge in [0.2, 0.25) is 0 Å². The van der Waals surface area contributed by atoms with Gasteiger partial charge in [-0.3, -0.25) is 4.90 Å². The molecule has 82 valence electrons. The van der Waals surface area contributed by atoms with Crippen molar-refractivity contribution in [2.75, 3.05) is 47.1 Å². The molecule has 0 heterocycles. The van der Waals surface area contributed by atoms with Crippen molar-refractivity contribution in [3.8, 4) is 6.07 Å². The van der Waals surface area contributed by atoms with Gasteiger partial charge in [-0.05, 0) is 7.05 Å². The summed E-state index contributed by atoms with van der Waals surface area (Å²) < 4.78 is 9.91. The number of nitriles is 1. The molecule has 5 heteroatoms. The van der Waals surface area contributed by atoms with Gasteiger partial charge < -0.3 is 14.6 Å². The van der Waals surface area contributed by atoms with Crippen LogP contribution in [-0.2, 0) is 9.47 Å². The van der Waals surface area contributed by atoms with Crippen LogP contribution in [0.4, 0.5) is 0 Å². The highest BCUT2D eigenvalue weighted by atomic mass is 16.5. The molecule has 0 aliphatic rings. The summed E-state index contributed by atoms with van der Waals surface area (Å²) in [6.45, 7) is 2.05. The number of rotatable bonds is 8. The summed E-state index contributed by atoms with van der Waals surface area (Å²) in [6.07, 6.45) is -0.551. The van der Waals surface area contributed by atoms with Crippen LogP contribution in [0.25, 0.3) is 0 Å². The standard InChI is InChI=1S/C9H18N2O3/c1-11(4-3-10)7-9(12)8-14-6-5-13-2/h9,12H,4-8H2,1-2H3. The minimum absolute atomic E-state index is 0.277. The molecule has 0 amide bonds. The highest BCUT2D eigenvalue weighted by Crippen LogP contribution is 1.90. The van der Waals surface area contributed by atoms with Crippen LogP contribution in [0.5, 0.6) is 0 Å². The van der Waals surface area contributed by atoms with Gasteiger partial charge in [0, 0.05) is 13.7 Å². The van der Waals surface area contributed by atoms with Gasteiger partial charge in [0.15, 0.2) is 0 Å². The average Bonchev–Trinajstić information content (AvgIpc) is 2.13. The predicted molar refractivity (Wildman–Crippen MR) is 51.8 cm³/mol. The molecule has 14 heavy (non-hydrogen) atoms. The second-order valence-electron chi connectivity index (χ2n) is 3.08. The van der Waals surface area contributed by atoms with Crippen LogP contribution in [0.15, 0.2) is 0 Å². The zero-order valence-electron chi connectivity index (χ0n) is 8.77. The van der Waals surface area contributed by atoms with Crippen LogP contribution >= 0.6 is 0 Å². The summed E-state index contributed by atoms with van der Waals surface area (Å²) in [7, 11) is 3.38. The van der Waals surface area contributed by atoms with Crippen molar-refractivity contribution in [1.29, 1.82) is 5.26 Å². The fourth-order valence-corrected chi connectivity index (χ4v) is 0.959. The van der Waals surface area contributed by atoms with E-state index in [4.69, 9.17) is 14.7 Å². The molecule has 0 aromatic rings. The van der Waals surface area contributed by atoms with Crippen LogP contribution in [0, 0.1) is 11.3 Å². The van der Waals surface area contributed by atoms with Crippen LogP contribution in [0.1, 0.15) is 0 Å². The lowest BCUT2D eigenvalue weighted by molar-refractivity contribution is 0.00361. The van der Waals surface area contributed by atoms with Gasteiger partial charge in [-0.25, -0.2) is 0 Å². The van der Waals surface area contributed by atoms with Gasteiger partial charge in [0.25, 0.3) is 0 Å². The third-order valence-corrected chi connectivity index (χ3v) is 1.61. The van der Waals surface area contributed by atoms with Crippen molar-refractivity contribution in [2.45, 2.75) is 6.10 Å². The lowest BCUT2D eigenvalue weighted by atomic mass is 10.3. The van der Waals surface area contributed by atoms with Crippen molar-refractivity contribution in [2.24, 2.45) is 0 Å². The van der Waals surface area contributed by atoms with Gasteiger partial charge >= 0.3 is 0 Å². The molecule has 0 aromatic heterocycles. The minimum atomic E-state index is -0.551. The van der Waals surface area contributed by atoms with Gasteiger partial charge in [0.1, 0.15) is 0 Å². The first-order valence-electron chi connectivity index (χ1n) is 4.51. The molecule has 0 aliphatic carbocycles. The number of ether oxygens (including phenoxy) is 2. The topological polar surface area (TPSA) is 65.7 Å². The molecule has 1 atom stereocenters. The van der Waals surface area contributed by atoms with Crippen LogP contribution in [0.3, 0.4) is 0 Å². The molecular formula is C9H18N2O3. The van der Waals surface area contributed by atoms with Crippen LogP contribution in [0.2, 0.25) is 0 Å². The first kappa shape index (κ1) is 13.3. The first-order valence-corrected chi connectivity index (χ1v) is 4.51.